The maximum absolute atomic E-state index is 13.0. The van der Waals surface area contributed by atoms with Gasteiger partial charge < -0.3 is 19.5 Å². The van der Waals surface area contributed by atoms with E-state index in [0.717, 1.165) is 24.1 Å². The first kappa shape index (κ1) is 21.0. The molecule has 6 nitrogen and oxygen atoms in total. The summed E-state index contributed by atoms with van der Waals surface area (Å²) >= 11 is 6.16. The average molecular weight is 438 g/mol. The van der Waals surface area contributed by atoms with Gasteiger partial charge in [0.25, 0.3) is 11.8 Å². The largest absolute Gasteiger partial charge is 0.459 e. The molecule has 2 amide bonds. The summed E-state index contributed by atoms with van der Waals surface area (Å²) in [5.74, 6) is -0.0657. The van der Waals surface area contributed by atoms with Crippen molar-refractivity contribution in [2.45, 2.75) is 25.4 Å². The molecule has 1 aliphatic rings. The van der Waals surface area contributed by atoms with Gasteiger partial charge in [0, 0.05) is 38.1 Å². The van der Waals surface area contributed by atoms with Crippen molar-refractivity contribution in [3.8, 4) is 0 Å². The van der Waals surface area contributed by atoms with Gasteiger partial charge in [-0.2, -0.15) is 0 Å². The van der Waals surface area contributed by atoms with Crippen LogP contribution in [0, 0.1) is 0 Å². The van der Waals surface area contributed by atoms with E-state index >= 15 is 0 Å². The highest BCUT2D eigenvalue weighted by Crippen LogP contribution is 2.33. The number of rotatable bonds is 7. The van der Waals surface area contributed by atoms with E-state index < -0.39 is 0 Å². The van der Waals surface area contributed by atoms with E-state index in [1.54, 1.807) is 36.4 Å². The molecule has 7 heteroatoms. The van der Waals surface area contributed by atoms with Crippen molar-refractivity contribution in [1.82, 2.24) is 4.90 Å². The molecule has 0 saturated heterocycles. The lowest BCUT2D eigenvalue weighted by atomic mass is 10.1. The van der Waals surface area contributed by atoms with Crippen LogP contribution < -0.4 is 10.2 Å². The number of carbonyl (C=O) groups is 2. The van der Waals surface area contributed by atoms with Gasteiger partial charge in [-0.05, 0) is 60.9 Å². The minimum atomic E-state index is -0.278. The van der Waals surface area contributed by atoms with E-state index in [2.05, 4.69) is 5.32 Å². The number of furan rings is 1. The lowest BCUT2D eigenvalue weighted by molar-refractivity contribution is 0.0697. The molecule has 1 aromatic heterocycles. The second-order valence-electron chi connectivity index (χ2n) is 7.81. The predicted octanol–water partition coefficient (Wildman–Crippen LogP) is 5.06. The van der Waals surface area contributed by atoms with Crippen molar-refractivity contribution in [2.24, 2.45) is 0 Å². The van der Waals surface area contributed by atoms with Gasteiger partial charge in [0.05, 0.1) is 16.8 Å². The van der Waals surface area contributed by atoms with Crippen molar-refractivity contribution in [2.75, 3.05) is 24.3 Å². The molecule has 2 aromatic carbocycles. The summed E-state index contributed by atoms with van der Waals surface area (Å²) in [4.78, 5) is 29.5. The summed E-state index contributed by atoms with van der Waals surface area (Å²) in [5.41, 5.74) is 2.98. The Bertz CT molecular complexity index is 1090. The summed E-state index contributed by atoms with van der Waals surface area (Å²) in [6.07, 6.45) is 3.47. The number of amides is 2. The van der Waals surface area contributed by atoms with Crippen LogP contribution in [0.2, 0.25) is 5.02 Å². The van der Waals surface area contributed by atoms with E-state index in [0.29, 0.717) is 28.6 Å². The first-order valence-corrected chi connectivity index (χ1v) is 10.5. The lowest BCUT2D eigenvalue weighted by Gasteiger charge is -2.25. The molecule has 1 aliphatic carbocycles. The normalized spacial score (nSPS) is 13.0. The Morgan fingerprint density at radius 1 is 1.10 bits per heavy atom. The van der Waals surface area contributed by atoms with E-state index in [-0.39, 0.29) is 17.9 Å². The summed E-state index contributed by atoms with van der Waals surface area (Å²) in [6, 6.07) is 16.2. The number of benzene rings is 2. The third-order valence-corrected chi connectivity index (χ3v) is 5.59. The van der Waals surface area contributed by atoms with Crippen LogP contribution in [0.4, 0.5) is 11.4 Å². The molecule has 160 valence electrons. The Balaban J connectivity index is 1.60. The molecule has 4 rings (SSSR count). The highest BCUT2D eigenvalue weighted by atomic mass is 35.5. The number of anilines is 2. The van der Waals surface area contributed by atoms with Crippen molar-refractivity contribution in [1.29, 1.82) is 0 Å². The molecule has 0 bridgehead atoms. The highest BCUT2D eigenvalue weighted by molar-refractivity contribution is 6.34. The van der Waals surface area contributed by atoms with Gasteiger partial charge in [-0.3, -0.25) is 9.59 Å². The fourth-order valence-corrected chi connectivity index (χ4v) is 3.77. The third kappa shape index (κ3) is 4.75. The van der Waals surface area contributed by atoms with Gasteiger partial charge in [-0.15, -0.1) is 0 Å². The second-order valence-corrected chi connectivity index (χ2v) is 8.22. The molecule has 1 saturated carbocycles. The number of carbonyl (C=O) groups excluding carboxylic acids is 2. The number of hydrogen-bond acceptors (Lipinski definition) is 4. The smallest absolute Gasteiger partial charge is 0.290 e. The van der Waals surface area contributed by atoms with Crippen molar-refractivity contribution in [3.63, 3.8) is 0 Å². The Morgan fingerprint density at radius 3 is 2.52 bits per heavy atom. The van der Waals surface area contributed by atoms with Gasteiger partial charge in [0.1, 0.15) is 0 Å². The number of nitrogens with zero attached hydrogens (tertiary/aromatic N) is 2. The van der Waals surface area contributed by atoms with E-state index in [1.807, 2.05) is 42.1 Å². The zero-order valence-corrected chi connectivity index (χ0v) is 18.2. The molecule has 1 N–H and O–H groups in total. The van der Waals surface area contributed by atoms with Crippen LogP contribution in [0.5, 0.6) is 0 Å². The van der Waals surface area contributed by atoms with E-state index in [4.69, 9.17) is 16.0 Å². The summed E-state index contributed by atoms with van der Waals surface area (Å²) in [5, 5.41) is 3.31. The minimum Gasteiger partial charge on any atom is -0.459 e. The van der Waals surface area contributed by atoms with Crippen LogP contribution in [0.15, 0.2) is 65.3 Å². The first-order valence-electron chi connectivity index (χ1n) is 10.1. The number of nitrogens with one attached hydrogen (secondary N) is 1. The molecule has 3 aromatic rings. The Morgan fingerprint density at radius 2 is 1.87 bits per heavy atom. The van der Waals surface area contributed by atoms with Crippen LogP contribution >= 0.6 is 11.6 Å². The molecular weight excluding hydrogens is 414 g/mol. The molecule has 1 heterocycles. The predicted molar refractivity (Wildman–Crippen MR) is 122 cm³/mol. The fraction of sp³-hybridized carbons (Fsp3) is 0.250. The van der Waals surface area contributed by atoms with Gasteiger partial charge >= 0.3 is 0 Å². The van der Waals surface area contributed by atoms with Crippen molar-refractivity contribution < 1.29 is 14.0 Å². The summed E-state index contributed by atoms with van der Waals surface area (Å²) in [7, 11) is 3.91. The zero-order chi connectivity index (χ0) is 22.0. The summed E-state index contributed by atoms with van der Waals surface area (Å²) < 4.78 is 5.34. The number of hydrogen-bond donors (Lipinski definition) is 1. The van der Waals surface area contributed by atoms with E-state index in [9.17, 15) is 9.59 Å². The topological polar surface area (TPSA) is 65.8 Å². The monoisotopic (exact) mass is 437 g/mol. The zero-order valence-electron chi connectivity index (χ0n) is 17.5. The average Bonchev–Trinajstić information content (AvgIpc) is 3.44. The van der Waals surface area contributed by atoms with Gasteiger partial charge in [0.2, 0.25) is 0 Å². The molecule has 1 fully saturated rings. The molecule has 0 radical (unpaired) electrons. The Kier molecular flexibility index (Phi) is 6.00. The van der Waals surface area contributed by atoms with Crippen LogP contribution in [0.1, 0.15) is 39.3 Å². The van der Waals surface area contributed by atoms with Crippen LogP contribution in [0.25, 0.3) is 0 Å². The summed E-state index contributed by atoms with van der Waals surface area (Å²) in [6.45, 7) is 0.424. The molecular formula is C24H24ClN3O3. The van der Waals surface area contributed by atoms with E-state index in [1.165, 1.54) is 6.26 Å². The molecule has 0 atom stereocenters. The maximum atomic E-state index is 13.0. The maximum Gasteiger partial charge on any atom is 0.290 e. The highest BCUT2D eigenvalue weighted by Gasteiger charge is 2.34. The van der Waals surface area contributed by atoms with Crippen molar-refractivity contribution >= 4 is 34.8 Å². The third-order valence-electron chi connectivity index (χ3n) is 5.26. The van der Waals surface area contributed by atoms with Crippen molar-refractivity contribution in [3.05, 3.63) is 82.8 Å². The Labute approximate surface area is 186 Å². The van der Waals surface area contributed by atoms with Gasteiger partial charge in [-0.25, -0.2) is 0 Å². The molecule has 0 unspecified atom stereocenters. The minimum absolute atomic E-state index is 0.122. The van der Waals surface area contributed by atoms with Gasteiger partial charge in [-0.1, -0.05) is 23.7 Å². The first-order chi connectivity index (χ1) is 14.9. The molecule has 0 aliphatic heterocycles. The van der Waals surface area contributed by atoms with Crippen LogP contribution in [0.3, 0.4) is 0 Å². The fourth-order valence-electron chi connectivity index (χ4n) is 3.55. The van der Waals surface area contributed by atoms with Crippen LogP contribution in [-0.4, -0.2) is 36.9 Å². The number of halogens is 1. The standard InChI is InChI=1S/C24H24ClN3O3/c1-27(2)21-12-9-17(26-23(29)19-6-3-4-7-20(19)25)14-16(21)15-28(18-10-11-18)24(30)22-8-5-13-31-22/h3-9,12-14,18H,10-11,15H2,1-2H3,(H,26,29). The molecule has 31 heavy (non-hydrogen) atoms. The quantitative estimate of drug-likeness (QED) is 0.561. The Hall–Kier alpha value is -3.25. The van der Waals surface area contributed by atoms with Crippen LogP contribution in [-0.2, 0) is 6.54 Å². The SMILES string of the molecule is CN(C)c1ccc(NC(=O)c2ccccc2Cl)cc1CN(C(=O)c1ccco1)C1CC1. The van der Waals surface area contributed by atoms with Gasteiger partial charge in [0.15, 0.2) is 5.76 Å². The second kappa shape index (κ2) is 8.86. The molecule has 0 spiro atoms. The lowest BCUT2D eigenvalue weighted by Crippen LogP contribution is -2.33.